The summed E-state index contributed by atoms with van der Waals surface area (Å²) in [4.78, 5) is 44.2. The van der Waals surface area contributed by atoms with Gasteiger partial charge in [-0.15, -0.1) is 6.42 Å². The molecule has 5 aliphatic rings. The fourth-order valence-corrected chi connectivity index (χ4v) is 16.7. The number of aryl methyl sites for hydroxylation is 2. The Labute approximate surface area is 588 Å². The first-order valence-electron chi connectivity index (χ1n) is 34.7. The number of rotatable bonds is 17. The van der Waals surface area contributed by atoms with Crippen LogP contribution in [-0.2, 0) is 37.9 Å². The number of aliphatic hydroxyl groups excluding tert-OH is 1. The van der Waals surface area contributed by atoms with Crippen LogP contribution < -0.4 is 25.6 Å². The van der Waals surface area contributed by atoms with E-state index in [1.165, 1.54) is 31.6 Å². The molecule has 0 radical (unpaired) electrons. The van der Waals surface area contributed by atoms with Crippen LogP contribution in [0.4, 0.5) is 28.7 Å². The van der Waals surface area contributed by atoms with Crippen LogP contribution in [-0.4, -0.2) is 136 Å². The number of amides is 1. The molecule has 101 heavy (non-hydrogen) atoms. The summed E-state index contributed by atoms with van der Waals surface area (Å²) in [5, 5.41) is 35.6. The van der Waals surface area contributed by atoms with E-state index in [4.69, 9.17) is 30.6 Å². The van der Waals surface area contributed by atoms with Crippen LogP contribution in [0, 0.1) is 24.7 Å². The summed E-state index contributed by atoms with van der Waals surface area (Å²) < 4.78 is 48.0. The number of carbonyl (C=O) groups excluding carboxylic acids is 2. The summed E-state index contributed by atoms with van der Waals surface area (Å²) in [6.07, 6.45) is 11.2. The quantitative estimate of drug-likeness (QED) is 0.0534. The van der Waals surface area contributed by atoms with Crippen molar-refractivity contribution in [3.63, 3.8) is 0 Å². The number of carbonyl (C=O) groups is 2. The van der Waals surface area contributed by atoms with Crippen molar-refractivity contribution in [1.29, 1.82) is 0 Å². The number of likely N-dealkylation sites (tertiary alicyclic amines) is 1. The van der Waals surface area contributed by atoms with Crippen molar-refractivity contribution >= 4 is 93.8 Å². The number of Topliss-reactive ketones (excluding diaryl/α,β-unsaturated/α-hetero) is 1. The highest BCUT2D eigenvalue weighted by Gasteiger charge is 2.61. The molecule has 0 unspecified atom stereocenters. The average Bonchev–Trinajstić information content (AvgIpc) is 1.49. The first-order chi connectivity index (χ1) is 48.8. The van der Waals surface area contributed by atoms with Gasteiger partial charge in [-0.3, -0.25) is 14.5 Å². The normalized spacial score (nSPS) is 18.6. The zero-order valence-electron chi connectivity index (χ0n) is 57.6. The Morgan fingerprint density at radius 2 is 1.51 bits per heavy atom. The molecule has 518 valence electrons. The molecule has 3 saturated heterocycles. The lowest BCUT2D eigenvalue weighted by Gasteiger charge is -2.38. The summed E-state index contributed by atoms with van der Waals surface area (Å²) in [5.41, 5.74) is 10.1. The van der Waals surface area contributed by atoms with E-state index in [-0.39, 0.29) is 35.8 Å². The van der Waals surface area contributed by atoms with Crippen molar-refractivity contribution in [3.05, 3.63) is 204 Å². The molecule has 8 heterocycles. The second-order valence-electron chi connectivity index (χ2n) is 28.1. The fourth-order valence-electron chi connectivity index (χ4n) is 14.8. The number of nitrogens with zero attached hydrogens (tertiary/aromatic N) is 7. The third-order valence-electron chi connectivity index (χ3n) is 19.8. The van der Waals surface area contributed by atoms with Crippen LogP contribution in [0.2, 0.25) is 0 Å². The Hall–Kier alpha value is -9.98. The lowest BCUT2D eigenvalue weighted by Crippen LogP contribution is -2.53. The maximum Gasteiger partial charge on any atom is 0.252 e. The number of morpholine rings is 1. The van der Waals surface area contributed by atoms with Gasteiger partial charge in [0.1, 0.15) is 41.6 Å². The molecule has 4 aliphatic heterocycles. The van der Waals surface area contributed by atoms with E-state index in [2.05, 4.69) is 88.3 Å². The van der Waals surface area contributed by atoms with Crippen LogP contribution in [0.25, 0.3) is 54.9 Å². The number of ether oxygens (including phenoxy) is 3. The molecular weight excluding hydrogens is 1290 g/mol. The molecule has 20 heteroatoms. The van der Waals surface area contributed by atoms with Gasteiger partial charge in [-0.05, 0) is 159 Å². The molecule has 5 N–H and O–H groups in total. The monoisotopic (exact) mass is 1370 g/mol. The fraction of sp³-hybridized carbons (Fsp3) is 0.321. The third kappa shape index (κ3) is 13.8. The topological polar surface area (TPSA) is 228 Å². The van der Waals surface area contributed by atoms with Crippen molar-refractivity contribution in [1.82, 2.24) is 34.3 Å². The molecular formula is C81H84N10O9S. The Morgan fingerprint density at radius 3 is 2.24 bits per heavy atom. The molecule has 1 aliphatic carbocycles. The van der Waals surface area contributed by atoms with Gasteiger partial charge in [-0.1, -0.05) is 99.5 Å². The first-order valence-corrected chi connectivity index (χ1v) is 36.3. The largest absolute Gasteiger partial charge is 0.492 e. The smallest absolute Gasteiger partial charge is 0.252 e. The van der Waals surface area contributed by atoms with Gasteiger partial charge < -0.3 is 54.4 Å². The lowest BCUT2D eigenvalue weighted by molar-refractivity contribution is -0.189. The van der Waals surface area contributed by atoms with Gasteiger partial charge in [0.25, 0.3) is 5.91 Å². The van der Waals surface area contributed by atoms with Gasteiger partial charge in [0, 0.05) is 100 Å². The van der Waals surface area contributed by atoms with Crippen molar-refractivity contribution < 1.29 is 42.4 Å². The van der Waals surface area contributed by atoms with Crippen molar-refractivity contribution in [2.24, 2.45) is 5.41 Å². The number of fused-ring (bicyclic) bond motifs is 13. The number of sulfone groups is 1. The first kappa shape index (κ1) is 68.2. The molecule has 2 bridgehead atoms. The predicted molar refractivity (Wildman–Crippen MR) is 398 cm³/mol. The van der Waals surface area contributed by atoms with Crippen molar-refractivity contribution in [2.75, 3.05) is 87.0 Å². The minimum atomic E-state index is -3.39. The van der Waals surface area contributed by atoms with Gasteiger partial charge in [0.2, 0.25) is 0 Å². The number of terminal acetylenes is 1. The maximum atomic E-state index is 13.3. The van der Waals surface area contributed by atoms with E-state index in [9.17, 15) is 28.2 Å². The van der Waals surface area contributed by atoms with Gasteiger partial charge in [-0.2, -0.15) is 0 Å². The zero-order chi connectivity index (χ0) is 70.2. The average molecular weight is 1370 g/mol. The highest BCUT2D eigenvalue weighted by molar-refractivity contribution is 7.91. The Balaban J connectivity index is 0.000000129. The van der Waals surface area contributed by atoms with E-state index < -0.39 is 34.0 Å². The highest BCUT2D eigenvalue weighted by Crippen LogP contribution is 2.58. The second kappa shape index (κ2) is 28.2. The van der Waals surface area contributed by atoms with Crippen LogP contribution in [0.3, 0.4) is 0 Å². The number of para-hydroxylation sites is 2. The summed E-state index contributed by atoms with van der Waals surface area (Å²) in [5.74, 6) is 5.45. The number of ketones is 1. The molecule has 7 aromatic carbocycles. The summed E-state index contributed by atoms with van der Waals surface area (Å²) in [6.45, 7) is 16.8. The van der Waals surface area contributed by atoms with E-state index in [1.807, 2.05) is 126 Å². The number of pyridine rings is 1. The molecule has 0 saturated carbocycles. The SMILES string of the molecule is C#CCNC(=O)c1ccc(-c2ccnc(Cc3ccc(N4CCOCC4)cc3)n2)cc1.C[C@]12O[C@H](C[C@]1(O)CO)n1c3ccccc3c3c4c(c5c6ccccc6n2c5c31)CCC4=O.Cc1ccc(Nc2ccc(OCCN3CCCC3)cc2)nc1Nc1cccc(S(=O)(=O)CC(C)(C)C)c1. The summed E-state index contributed by atoms with van der Waals surface area (Å²) >= 11 is 0. The maximum absolute atomic E-state index is 13.3. The third-order valence-corrected chi connectivity index (χ3v) is 22.0. The van der Waals surface area contributed by atoms with Crippen LogP contribution in [0.1, 0.15) is 103 Å². The van der Waals surface area contributed by atoms with E-state index in [0.717, 1.165) is 127 Å². The van der Waals surface area contributed by atoms with E-state index >= 15 is 0 Å². The minimum Gasteiger partial charge on any atom is -0.492 e. The van der Waals surface area contributed by atoms with E-state index in [0.29, 0.717) is 53.7 Å². The molecule has 11 aromatic rings. The predicted octanol–water partition coefficient (Wildman–Crippen LogP) is 13.5. The molecule has 4 aromatic heterocycles. The van der Waals surface area contributed by atoms with Crippen LogP contribution in [0.15, 0.2) is 175 Å². The molecule has 0 spiro atoms. The lowest BCUT2D eigenvalue weighted by atomic mass is 9.89. The number of aromatic nitrogens is 5. The Morgan fingerprint density at radius 1 is 0.792 bits per heavy atom. The number of hydrogen-bond donors (Lipinski definition) is 5. The Kier molecular flexibility index (Phi) is 19.0. The van der Waals surface area contributed by atoms with Crippen LogP contribution in [0.5, 0.6) is 5.75 Å². The molecule has 3 fully saturated rings. The second-order valence-corrected chi connectivity index (χ2v) is 30.0. The van der Waals surface area contributed by atoms with E-state index in [1.54, 1.807) is 36.5 Å². The number of nitrogens with one attached hydrogen (secondary N) is 3. The minimum absolute atomic E-state index is 0.0857. The van der Waals surface area contributed by atoms with Gasteiger partial charge in [-0.25, -0.2) is 23.4 Å². The van der Waals surface area contributed by atoms with Crippen molar-refractivity contribution in [3.8, 4) is 29.4 Å². The standard InChI is InChI=1S/C29H38N4O3S.C27H22N2O4.C25H24N4O2/c1-22-10-15-27(30-23-11-13-25(14-12-23)36-19-18-33-16-5-6-17-33)32-28(22)31-24-8-7-9-26(20-24)37(34,35)21-29(2,3)4;1-26-27(32,13-30)12-20(33-26)28-17-8-4-2-6-14(17)23-22-16(10-11-19(22)31)21-15-7-3-5-9-18(15)29(26)25(21)24(23)28;1-2-12-27-25(30)21-7-5-20(6-8-21)23-11-13-26-24(28-23)18-19-3-9-22(10-4-19)29-14-16-31-17-15-29/h7-15,20H,5-6,16-19,21H2,1-4H3,(H2,30,31,32);2-9,20,30,32H,10-13H2,1H3;1,3-11,13H,12,14-18H2,(H,27,30)/t;20-,26+,27+;/m.1./s1. The number of anilines is 5. The van der Waals surface area contributed by atoms with Gasteiger partial charge >= 0.3 is 0 Å². The number of benzene rings is 7. The molecule has 1 amide bonds. The highest BCUT2D eigenvalue weighted by atomic mass is 32.2. The number of aliphatic hydroxyl groups is 2. The summed E-state index contributed by atoms with van der Waals surface area (Å²) in [7, 11) is -3.39. The van der Waals surface area contributed by atoms with Crippen LogP contribution >= 0.6 is 0 Å². The number of hydrogen-bond acceptors (Lipinski definition) is 16. The zero-order valence-corrected chi connectivity index (χ0v) is 58.4. The Bertz CT molecular complexity index is 5090. The molecule has 3 atom stereocenters. The molecule has 16 rings (SSSR count). The van der Waals surface area contributed by atoms with Crippen molar-refractivity contribution in [2.45, 2.75) is 95.6 Å². The summed E-state index contributed by atoms with van der Waals surface area (Å²) in [6, 6.07) is 52.7. The van der Waals surface area contributed by atoms with Gasteiger partial charge in [0.15, 0.2) is 21.3 Å². The van der Waals surface area contributed by atoms with Gasteiger partial charge in [0.05, 0.1) is 64.8 Å². The molecule has 19 nitrogen and oxygen atoms in total.